The Morgan fingerprint density at radius 1 is 1.50 bits per heavy atom. The van der Waals surface area contributed by atoms with Gasteiger partial charge in [0, 0.05) is 11.3 Å². The molecule has 0 saturated heterocycles. The van der Waals surface area contributed by atoms with E-state index in [1.807, 2.05) is 0 Å². The third kappa shape index (κ3) is 0.816. The van der Waals surface area contributed by atoms with Crippen LogP contribution >= 0.6 is 0 Å². The molecule has 4 nitrogen and oxygen atoms in total. The van der Waals surface area contributed by atoms with E-state index in [2.05, 4.69) is 0 Å². The zero-order valence-electron chi connectivity index (χ0n) is 6.45. The van der Waals surface area contributed by atoms with E-state index < -0.39 is 0 Å². The maximum atomic E-state index is 9.34. The van der Waals surface area contributed by atoms with E-state index in [1.54, 1.807) is 6.07 Å². The van der Waals surface area contributed by atoms with Crippen LogP contribution in [0.25, 0.3) is 0 Å². The van der Waals surface area contributed by atoms with E-state index in [0.717, 1.165) is 5.56 Å². The van der Waals surface area contributed by atoms with Crippen LogP contribution in [0.1, 0.15) is 11.6 Å². The van der Waals surface area contributed by atoms with Crippen molar-refractivity contribution in [2.45, 2.75) is 6.04 Å². The van der Waals surface area contributed by atoms with E-state index in [9.17, 15) is 5.11 Å². The van der Waals surface area contributed by atoms with E-state index in [4.69, 9.17) is 16.2 Å². The molecule has 0 spiro atoms. The minimum absolute atomic E-state index is 0.104. The van der Waals surface area contributed by atoms with Gasteiger partial charge in [-0.25, -0.2) is 0 Å². The lowest BCUT2D eigenvalue weighted by Gasteiger charge is -2.05. The van der Waals surface area contributed by atoms with Crippen LogP contribution in [0.5, 0.6) is 11.5 Å². The zero-order valence-corrected chi connectivity index (χ0v) is 6.45. The Hall–Kier alpha value is -1.42. The average Bonchev–Trinajstić information content (AvgIpc) is 2.42. The zero-order chi connectivity index (χ0) is 8.72. The number of nitrogens with two attached hydrogens (primary N) is 2. The standard InChI is InChI=1S/C8H10N2O2/c9-4-1-2-6(11)8-7(4)5(10)3-12-8/h1-2,5,11H,3,9-10H2/t5-/m1/s1. The molecule has 5 N–H and O–H groups in total. The highest BCUT2D eigenvalue weighted by Gasteiger charge is 2.25. The summed E-state index contributed by atoms with van der Waals surface area (Å²) in [7, 11) is 0. The Morgan fingerprint density at radius 2 is 2.25 bits per heavy atom. The summed E-state index contributed by atoms with van der Waals surface area (Å²) >= 11 is 0. The summed E-state index contributed by atoms with van der Waals surface area (Å²) < 4.78 is 5.17. The number of phenols is 1. The predicted molar refractivity (Wildman–Crippen MR) is 44.9 cm³/mol. The molecule has 1 aliphatic heterocycles. The molecule has 12 heavy (non-hydrogen) atoms. The largest absolute Gasteiger partial charge is 0.504 e. The molecule has 1 aliphatic rings. The number of rotatable bonds is 0. The summed E-state index contributed by atoms with van der Waals surface area (Å²) in [5.41, 5.74) is 12.7. The second-order valence-corrected chi connectivity index (χ2v) is 2.83. The van der Waals surface area contributed by atoms with Gasteiger partial charge in [0.25, 0.3) is 0 Å². The van der Waals surface area contributed by atoms with Gasteiger partial charge in [-0.3, -0.25) is 0 Å². The fraction of sp³-hybridized carbons (Fsp3) is 0.250. The molecule has 1 aromatic carbocycles. The molecule has 0 unspecified atom stereocenters. The Labute approximate surface area is 69.7 Å². The van der Waals surface area contributed by atoms with Gasteiger partial charge in [-0.1, -0.05) is 0 Å². The maximum Gasteiger partial charge on any atom is 0.167 e. The smallest absolute Gasteiger partial charge is 0.167 e. The molecule has 0 aliphatic carbocycles. The lowest BCUT2D eigenvalue weighted by atomic mass is 10.1. The number of benzene rings is 1. The van der Waals surface area contributed by atoms with Crippen LogP contribution in [0.15, 0.2) is 12.1 Å². The van der Waals surface area contributed by atoms with Crippen LogP contribution in [0.4, 0.5) is 5.69 Å². The van der Waals surface area contributed by atoms with Gasteiger partial charge in [0.05, 0.1) is 6.04 Å². The SMILES string of the molecule is Nc1ccc(O)c2c1[C@H](N)CO2. The molecule has 64 valence electrons. The van der Waals surface area contributed by atoms with Crippen molar-refractivity contribution in [3.05, 3.63) is 17.7 Å². The van der Waals surface area contributed by atoms with Gasteiger partial charge in [0.15, 0.2) is 11.5 Å². The van der Waals surface area contributed by atoms with Crippen molar-refractivity contribution in [3.8, 4) is 11.5 Å². The van der Waals surface area contributed by atoms with Crippen molar-refractivity contribution in [2.75, 3.05) is 12.3 Å². The molecule has 0 bridgehead atoms. The first-order valence-corrected chi connectivity index (χ1v) is 3.70. The first kappa shape index (κ1) is 7.24. The van der Waals surface area contributed by atoms with E-state index in [-0.39, 0.29) is 11.8 Å². The van der Waals surface area contributed by atoms with Crippen molar-refractivity contribution in [1.82, 2.24) is 0 Å². The van der Waals surface area contributed by atoms with Gasteiger partial charge in [-0.15, -0.1) is 0 Å². The van der Waals surface area contributed by atoms with Crippen LogP contribution in [-0.4, -0.2) is 11.7 Å². The molecular formula is C8H10N2O2. The van der Waals surface area contributed by atoms with Crippen LogP contribution < -0.4 is 16.2 Å². The Kier molecular flexibility index (Phi) is 1.38. The average molecular weight is 166 g/mol. The van der Waals surface area contributed by atoms with E-state index >= 15 is 0 Å². The molecular weight excluding hydrogens is 156 g/mol. The van der Waals surface area contributed by atoms with Gasteiger partial charge in [0.1, 0.15) is 6.61 Å². The summed E-state index contributed by atoms with van der Waals surface area (Å²) in [6.07, 6.45) is 0. The molecule has 1 aromatic rings. The number of anilines is 1. The quantitative estimate of drug-likeness (QED) is 0.384. The molecule has 4 heteroatoms. The maximum absolute atomic E-state index is 9.34. The Bertz CT molecular complexity index is 325. The molecule has 0 amide bonds. The second kappa shape index (κ2) is 2.28. The summed E-state index contributed by atoms with van der Waals surface area (Å²) in [5.74, 6) is 0.537. The third-order valence-electron chi connectivity index (χ3n) is 1.99. The van der Waals surface area contributed by atoms with Crippen LogP contribution in [0, 0.1) is 0 Å². The number of nitrogen functional groups attached to an aromatic ring is 1. The van der Waals surface area contributed by atoms with Crippen molar-refractivity contribution in [3.63, 3.8) is 0 Å². The van der Waals surface area contributed by atoms with Gasteiger partial charge in [0.2, 0.25) is 0 Å². The number of hydrogen-bond donors (Lipinski definition) is 3. The topological polar surface area (TPSA) is 81.5 Å². The summed E-state index contributed by atoms with van der Waals surface area (Å²) in [6.45, 7) is 0.386. The number of ether oxygens (including phenoxy) is 1. The lowest BCUT2D eigenvalue weighted by molar-refractivity contribution is 0.317. The minimum atomic E-state index is -0.216. The monoisotopic (exact) mass is 166 g/mol. The summed E-state index contributed by atoms with van der Waals surface area (Å²) in [5, 5.41) is 9.34. The highest BCUT2D eigenvalue weighted by Crippen LogP contribution is 2.41. The predicted octanol–water partition coefficient (Wildman–Crippen LogP) is 0.367. The Morgan fingerprint density at radius 3 is 2.92 bits per heavy atom. The first-order chi connectivity index (χ1) is 5.70. The number of fused-ring (bicyclic) bond motifs is 1. The van der Waals surface area contributed by atoms with Gasteiger partial charge in [-0.05, 0) is 12.1 Å². The van der Waals surface area contributed by atoms with Crippen molar-refractivity contribution in [2.24, 2.45) is 5.73 Å². The fourth-order valence-corrected chi connectivity index (χ4v) is 1.39. The number of hydrogen-bond acceptors (Lipinski definition) is 4. The van der Waals surface area contributed by atoms with Gasteiger partial charge >= 0.3 is 0 Å². The number of aromatic hydroxyl groups is 1. The van der Waals surface area contributed by atoms with Gasteiger partial charge < -0.3 is 21.3 Å². The molecule has 0 fully saturated rings. The third-order valence-corrected chi connectivity index (χ3v) is 1.99. The van der Waals surface area contributed by atoms with Crippen LogP contribution in [-0.2, 0) is 0 Å². The van der Waals surface area contributed by atoms with Crippen LogP contribution in [0.2, 0.25) is 0 Å². The van der Waals surface area contributed by atoms with Crippen molar-refractivity contribution < 1.29 is 9.84 Å². The number of phenolic OH excluding ortho intramolecular Hbond substituents is 1. The van der Waals surface area contributed by atoms with Crippen molar-refractivity contribution in [1.29, 1.82) is 0 Å². The summed E-state index contributed by atoms with van der Waals surface area (Å²) in [4.78, 5) is 0. The molecule has 1 atom stereocenters. The second-order valence-electron chi connectivity index (χ2n) is 2.83. The van der Waals surface area contributed by atoms with Crippen molar-refractivity contribution >= 4 is 5.69 Å². The highest BCUT2D eigenvalue weighted by atomic mass is 16.5. The Balaban J connectivity index is 2.64. The first-order valence-electron chi connectivity index (χ1n) is 3.70. The molecule has 1 heterocycles. The van der Waals surface area contributed by atoms with Crippen LogP contribution in [0.3, 0.4) is 0 Å². The summed E-state index contributed by atoms with van der Waals surface area (Å²) in [6, 6.07) is 2.92. The molecule has 2 rings (SSSR count). The highest BCUT2D eigenvalue weighted by molar-refractivity contribution is 5.63. The molecule has 0 aromatic heterocycles. The fourth-order valence-electron chi connectivity index (χ4n) is 1.39. The molecule has 0 radical (unpaired) electrons. The van der Waals surface area contributed by atoms with E-state index in [1.165, 1.54) is 6.07 Å². The normalized spacial score (nSPS) is 20.2. The van der Waals surface area contributed by atoms with Gasteiger partial charge in [-0.2, -0.15) is 0 Å². The van der Waals surface area contributed by atoms with E-state index in [0.29, 0.717) is 18.0 Å². The molecule has 0 saturated carbocycles. The minimum Gasteiger partial charge on any atom is -0.504 e. The lowest BCUT2D eigenvalue weighted by Crippen LogP contribution is -2.12.